The Labute approximate surface area is 159 Å². The zero-order valence-corrected chi connectivity index (χ0v) is 14.8. The molecule has 1 saturated heterocycles. The van der Waals surface area contributed by atoms with Crippen molar-refractivity contribution < 1.29 is 13.6 Å². The third kappa shape index (κ3) is 3.80. The molecule has 3 aromatic rings. The van der Waals surface area contributed by atoms with Crippen molar-refractivity contribution in [3.8, 4) is 5.82 Å². The van der Waals surface area contributed by atoms with Crippen LogP contribution in [-0.4, -0.2) is 44.0 Å². The van der Waals surface area contributed by atoms with Crippen LogP contribution < -0.4 is 10.2 Å². The summed E-state index contributed by atoms with van der Waals surface area (Å²) >= 11 is 0. The molecule has 0 bridgehead atoms. The van der Waals surface area contributed by atoms with Gasteiger partial charge in [-0.2, -0.15) is 5.10 Å². The molecule has 4 rings (SSSR count). The number of rotatable bonds is 4. The molecule has 0 saturated carbocycles. The van der Waals surface area contributed by atoms with Crippen molar-refractivity contribution in [2.45, 2.75) is 12.8 Å². The number of halogens is 2. The van der Waals surface area contributed by atoms with Gasteiger partial charge in [0.1, 0.15) is 12.7 Å². The van der Waals surface area contributed by atoms with E-state index in [1.54, 1.807) is 6.07 Å². The molecule has 1 unspecified atom stereocenters. The van der Waals surface area contributed by atoms with Crippen molar-refractivity contribution in [2.75, 3.05) is 23.3 Å². The third-order valence-corrected chi connectivity index (χ3v) is 4.59. The predicted molar refractivity (Wildman–Crippen MR) is 96.9 cm³/mol. The largest absolute Gasteiger partial charge is 0.354 e. The van der Waals surface area contributed by atoms with E-state index in [2.05, 4.69) is 25.6 Å². The molecule has 1 aromatic carbocycles. The number of piperidine rings is 1. The summed E-state index contributed by atoms with van der Waals surface area (Å²) in [6, 6.07) is 6.90. The summed E-state index contributed by atoms with van der Waals surface area (Å²) < 4.78 is 27.9. The first-order chi connectivity index (χ1) is 13.6. The van der Waals surface area contributed by atoms with E-state index >= 15 is 0 Å². The molecule has 144 valence electrons. The minimum absolute atomic E-state index is 0.233. The van der Waals surface area contributed by atoms with Crippen LogP contribution >= 0.6 is 0 Å². The molecular weight excluding hydrogens is 368 g/mol. The second kappa shape index (κ2) is 7.67. The molecule has 10 heteroatoms. The zero-order chi connectivity index (χ0) is 19.5. The SMILES string of the molecule is O=C(Nc1ccc(F)c(F)c1)C1CCCN(c2ccc(-n3cncn3)nn2)C1. The van der Waals surface area contributed by atoms with Crippen molar-refractivity contribution in [1.82, 2.24) is 25.0 Å². The van der Waals surface area contributed by atoms with E-state index < -0.39 is 11.6 Å². The molecule has 28 heavy (non-hydrogen) atoms. The average Bonchev–Trinajstić information content (AvgIpc) is 3.26. The molecule has 1 amide bonds. The van der Waals surface area contributed by atoms with Crippen LogP contribution in [0.15, 0.2) is 43.0 Å². The molecule has 1 N–H and O–H groups in total. The van der Waals surface area contributed by atoms with E-state index in [1.807, 2.05) is 11.0 Å². The average molecular weight is 385 g/mol. The van der Waals surface area contributed by atoms with Crippen molar-refractivity contribution >= 4 is 17.4 Å². The van der Waals surface area contributed by atoms with Gasteiger partial charge in [-0.1, -0.05) is 0 Å². The number of amides is 1. The molecule has 0 spiro atoms. The quantitative estimate of drug-likeness (QED) is 0.741. The second-order valence-electron chi connectivity index (χ2n) is 6.49. The number of hydrogen-bond acceptors (Lipinski definition) is 6. The Balaban J connectivity index is 1.42. The highest BCUT2D eigenvalue weighted by molar-refractivity contribution is 5.93. The Hall–Kier alpha value is -3.43. The molecule has 1 fully saturated rings. The van der Waals surface area contributed by atoms with Crippen LogP contribution in [0.4, 0.5) is 20.3 Å². The molecule has 1 atom stereocenters. The van der Waals surface area contributed by atoms with Gasteiger partial charge in [-0.3, -0.25) is 4.79 Å². The zero-order valence-electron chi connectivity index (χ0n) is 14.8. The maximum Gasteiger partial charge on any atom is 0.229 e. The second-order valence-corrected chi connectivity index (χ2v) is 6.49. The van der Waals surface area contributed by atoms with E-state index in [9.17, 15) is 13.6 Å². The number of carbonyl (C=O) groups excluding carboxylic acids is 1. The number of carbonyl (C=O) groups is 1. The van der Waals surface area contributed by atoms with Crippen molar-refractivity contribution in [3.05, 3.63) is 54.6 Å². The summed E-state index contributed by atoms with van der Waals surface area (Å²) in [5.41, 5.74) is 0.234. The summed E-state index contributed by atoms with van der Waals surface area (Å²) in [6.45, 7) is 1.22. The van der Waals surface area contributed by atoms with Gasteiger partial charge in [-0.15, -0.1) is 10.2 Å². The summed E-state index contributed by atoms with van der Waals surface area (Å²) in [5, 5.41) is 15.0. The van der Waals surface area contributed by atoms with Gasteiger partial charge in [0.2, 0.25) is 5.91 Å². The number of hydrogen-bond donors (Lipinski definition) is 1. The van der Waals surface area contributed by atoms with Crippen LogP contribution in [0.1, 0.15) is 12.8 Å². The molecule has 2 aromatic heterocycles. The highest BCUT2D eigenvalue weighted by Crippen LogP contribution is 2.23. The Kier molecular flexibility index (Phi) is 4.92. The van der Waals surface area contributed by atoms with E-state index in [4.69, 9.17) is 0 Å². The normalized spacial score (nSPS) is 16.8. The third-order valence-electron chi connectivity index (χ3n) is 4.59. The lowest BCUT2D eigenvalue weighted by molar-refractivity contribution is -0.120. The monoisotopic (exact) mass is 385 g/mol. The van der Waals surface area contributed by atoms with Gasteiger partial charge in [0, 0.05) is 24.8 Å². The Morgan fingerprint density at radius 1 is 1.11 bits per heavy atom. The number of nitrogens with one attached hydrogen (secondary N) is 1. The first-order valence-corrected chi connectivity index (χ1v) is 8.80. The summed E-state index contributed by atoms with van der Waals surface area (Å²) in [7, 11) is 0. The minimum atomic E-state index is -0.995. The lowest BCUT2D eigenvalue weighted by Gasteiger charge is -2.32. The molecule has 0 aliphatic carbocycles. The Bertz CT molecular complexity index is 963. The van der Waals surface area contributed by atoms with Crippen LogP contribution in [-0.2, 0) is 4.79 Å². The highest BCUT2D eigenvalue weighted by Gasteiger charge is 2.27. The van der Waals surface area contributed by atoms with Gasteiger partial charge in [0.05, 0.1) is 5.92 Å². The Morgan fingerprint density at radius 2 is 1.93 bits per heavy atom. The van der Waals surface area contributed by atoms with E-state index in [1.165, 1.54) is 23.4 Å². The van der Waals surface area contributed by atoms with Gasteiger partial charge in [-0.05, 0) is 37.1 Å². The molecular formula is C18H17F2N7O. The molecule has 0 radical (unpaired) electrons. The van der Waals surface area contributed by atoms with Gasteiger partial charge in [-0.25, -0.2) is 18.4 Å². The molecule has 1 aliphatic rings. The fraction of sp³-hybridized carbons (Fsp3) is 0.278. The van der Waals surface area contributed by atoms with Gasteiger partial charge in [0.25, 0.3) is 0 Å². The van der Waals surface area contributed by atoms with Crippen LogP contribution in [0.3, 0.4) is 0 Å². The standard InChI is InChI=1S/C18H17F2N7O/c19-14-4-3-13(8-15(14)20)23-18(28)12-2-1-7-26(9-12)16-5-6-17(25-24-16)27-11-21-10-22-27/h3-6,8,10-12H,1-2,7,9H2,(H,23,28). The minimum Gasteiger partial charge on any atom is -0.354 e. The fourth-order valence-corrected chi connectivity index (χ4v) is 3.15. The maximum atomic E-state index is 13.3. The number of nitrogens with zero attached hydrogens (tertiary/aromatic N) is 6. The molecule has 8 nitrogen and oxygen atoms in total. The van der Waals surface area contributed by atoms with Crippen LogP contribution in [0.25, 0.3) is 5.82 Å². The van der Waals surface area contributed by atoms with Crippen molar-refractivity contribution in [3.63, 3.8) is 0 Å². The van der Waals surface area contributed by atoms with Crippen molar-refractivity contribution in [2.24, 2.45) is 5.92 Å². The van der Waals surface area contributed by atoms with Crippen LogP contribution in [0, 0.1) is 17.6 Å². The first-order valence-electron chi connectivity index (χ1n) is 8.80. The summed E-state index contributed by atoms with van der Waals surface area (Å²) in [4.78, 5) is 18.4. The van der Waals surface area contributed by atoms with Crippen molar-refractivity contribution in [1.29, 1.82) is 0 Å². The number of anilines is 2. The Morgan fingerprint density at radius 3 is 2.64 bits per heavy atom. The molecule has 1 aliphatic heterocycles. The van der Waals surface area contributed by atoms with Gasteiger partial charge >= 0.3 is 0 Å². The first kappa shape index (κ1) is 18.0. The van der Waals surface area contributed by atoms with Crippen LogP contribution in [0.2, 0.25) is 0 Å². The van der Waals surface area contributed by atoms with E-state index in [0.717, 1.165) is 25.1 Å². The topological polar surface area (TPSA) is 88.8 Å². The van der Waals surface area contributed by atoms with Gasteiger partial charge < -0.3 is 10.2 Å². The lowest BCUT2D eigenvalue weighted by atomic mass is 9.97. The number of aromatic nitrogens is 5. The summed E-state index contributed by atoms with van der Waals surface area (Å²) in [5.74, 6) is -1.26. The smallest absolute Gasteiger partial charge is 0.229 e. The van der Waals surface area contributed by atoms with Gasteiger partial charge in [0.15, 0.2) is 23.3 Å². The maximum absolute atomic E-state index is 13.3. The predicted octanol–water partition coefficient (Wildman–Crippen LogP) is 2.19. The summed E-state index contributed by atoms with van der Waals surface area (Å²) in [6.07, 6.45) is 4.46. The number of benzene rings is 1. The van der Waals surface area contributed by atoms with Crippen LogP contribution in [0.5, 0.6) is 0 Å². The fourth-order valence-electron chi connectivity index (χ4n) is 3.15. The molecule has 3 heterocycles. The highest BCUT2D eigenvalue weighted by atomic mass is 19.2. The van der Waals surface area contributed by atoms with E-state index in [-0.39, 0.29) is 17.5 Å². The van der Waals surface area contributed by atoms with E-state index in [0.29, 0.717) is 24.6 Å². The lowest BCUT2D eigenvalue weighted by Crippen LogP contribution is -2.41.